The van der Waals surface area contributed by atoms with Crippen molar-refractivity contribution in [3.05, 3.63) is 65.7 Å². The van der Waals surface area contributed by atoms with E-state index >= 15 is 0 Å². The van der Waals surface area contributed by atoms with Gasteiger partial charge in [0, 0.05) is 11.8 Å². The van der Waals surface area contributed by atoms with E-state index in [4.69, 9.17) is 0 Å². The lowest BCUT2D eigenvalue weighted by Gasteiger charge is -2.10. The molecule has 0 fully saturated rings. The van der Waals surface area contributed by atoms with Crippen LogP contribution < -0.4 is 5.32 Å². The molecule has 2 aromatic rings. The Bertz CT molecular complexity index is 795. The Hall–Kier alpha value is -2.55. The minimum atomic E-state index is -0.139. The molecule has 0 saturated heterocycles. The lowest BCUT2D eigenvalue weighted by molar-refractivity contribution is -0.111. The summed E-state index contributed by atoms with van der Waals surface area (Å²) in [6.07, 6.45) is 20.5. The normalized spacial score (nSPS) is 11.2. The van der Waals surface area contributed by atoms with Crippen LogP contribution in [-0.2, 0) is 11.2 Å². The lowest BCUT2D eigenvalue weighted by atomic mass is 10.0. The third-order valence-electron chi connectivity index (χ3n) is 5.90. The number of hydrogen-bond donors (Lipinski definition) is 2. The van der Waals surface area contributed by atoms with Crippen LogP contribution in [0.4, 0.5) is 5.69 Å². The van der Waals surface area contributed by atoms with E-state index < -0.39 is 0 Å². The van der Waals surface area contributed by atoms with Gasteiger partial charge in [0.2, 0.25) is 5.91 Å². The number of phenols is 1. The molecule has 1 amide bonds. The van der Waals surface area contributed by atoms with Gasteiger partial charge in [-0.15, -0.1) is 0 Å². The number of rotatable bonds is 16. The number of aromatic hydroxyl groups is 1. The molecule has 0 aliphatic carbocycles. The second kappa shape index (κ2) is 16.1. The number of para-hydroxylation sites is 1. The Morgan fingerprint density at radius 3 is 1.97 bits per heavy atom. The summed E-state index contributed by atoms with van der Waals surface area (Å²) in [7, 11) is 0. The molecular weight excluding hydrogens is 394 g/mol. The molecule has 0 aliphatic rings. The molecule has 0 saturated carbocycles. The number of hydrogen-bond acceptors (Lipinski definition) is 2. The Labute approximate surface area is 195 Å². The first-order valence-corrected chi connectivity index (χ1v) is 12.5. The van der Waals surface area contributed by atoms with Crippen LogP contribution in [0.5, 0.6) is 5.75 Å². The van der Waals surface area contributed by atoms with Gasteiger partial charge in [-0.2, -0.15) is 0 Å². The highest BCUT2D eigenvalue weighted by molar-refractivity contribution is 6.02. The third-order valence-corrected chi connectivity index (χ3v) is 5.90. The average Bonchev–Trinajstić information content (AvgIpc) is 2.80. The number of aryl methyl sites for hydroxylation is 1. The summed E-state index contributed by atoms with van der Waals surface area (Å²) < 4.78 is 0. The minimum Gasteiger partial charge on any atom is -0.508 e. The van der Waals surface area contributed by atoms with Gasteiger partial charge >= 0.3 is 0 Å². The summed E-state index contributed by atoms with van der Waals surface area (Å²) in [6.45, 7) is 2.27. The molecule has 3 heteroatoms. The van der Waals surface area contributed by atoms with E-state index in [1.165, 1.54) is 82.3 Å². The second-order valence-electron chi connectivity index (χ2n) is 8.71. The number of unbranched alkanes of at least 4 members (excludes halogenated alkanes) is 11. The summed E-state index contributed by atoms with van der Waals surface area (Å²) in [5.41, 5.74) is 2.98. The molecule has 3 nitrogen and oxygen atoms in total. The van der Waals surface area contributed by atoms with Crippen molar-refractivity contribution < 1.29 is 9.90 Å². The first-order valence-electron chi connectivity index (χ1n) is 12.5. The fraction of sp³-hybridized carbons (Fsp3) is 0.483. The summed E-state index contributed by atoms with van der Waals surface area (Å²) in [5.74, 6) is 0.0820. The van der Waals surface area contributed by atoms with Crippen molar-refractivity contribution >= 4 is 17.7 Å². The van der Waals surface area contributed by atoms with Crippen molar-refractivity contribution in [2.75, 3.05) is 5.32 Å². The van der Waals surface area contributed by atoms with E-state index in [-0.39, 0.29) is 11.7 Å². The van der Waals surface area contributed by atoms with Gasteiger partial charge in [-0.1, -0.05) is 108 Å². The van der Waals surface area contributed by atoms with Crippen LogP contribution in [0, 0.1) is 0 Å². The van der Waals surface area contributed by atoms with Crippen LogP contribution in [0.1, 0.15) is 95.1 Å². The molecule has 0 aromatic heterocycles. The quantitative estimate of drug-likeness (QED) is 0.206. The van der Waals surface area contributed by atoms with Crippen LogP contribution in [0.25, 0.3) is 6.08 Å². The Balaban J connectivity index is 1.62. The average molecular weight is 436 g/mol. The van der Waals surface area contributed by atoms with Gasteiger partial charge in [0.15, 0.2) is 0 Å². The van der Waals surface area contributed by atoms with Gasteiger partial charge < -0.3 is 10.4 Å². The zero-order valence-electron chi connectivity index (χ0n) is 19.8. The molecule has 0 aliphatic heterocycles. The number of nitrogens with one attached hydrogen (secondary N) is 1. The first kappa shape index (κ1) is 25.7. The van der Waals surface area contributed by atoms with Crippen LogP contribution in [-0.4, -0.2) is 11.0 Å². The summed E-state index contributed by atoms with van der Waals surface area (Å²) in [4.78, 5) is 12.3. The minimum absolute atomic E-state index is 0.139. The van der Waals surface area contributed by atoms with E-state index in [2.05, 4.69) is 18.3 Å². The number of anilines is 1. The van der Waals surface area contributed by atoms with E-state index in [9.17, 15) is 9.90 Å². The zero-order chi connectivity index (χ0) is 22.9. The van der Waals surface area contributed by atoms with Gasteiger partial charge in [-0.25, -0.2) is 0 Å². The van der Waals surface area contributed by atoms with Crippen molar-refractivity contribution in [2.45, 2.75) is 90.4 Å². The third kappa shape index (κ3) is 11.2. The number of amides is 1. The van der Waals surface area contributed by atoms with Crippen LogP contribution in [0.2, 0.25) is 0 Å². The largest absolute Gasteiger partial charge is 0.508 e. The Morgan fingerprint density at radius 2 is 1.34 bits per heavy atom. The van der Waals surface area contributed by atoms with Gasteiger partial charge in [0.05, 0.1) is 0 Å². The molecule has 2 rings (SSSR count). The Kier molecular flexibility index (Phi) is 13.0. The lowest BCUT2D eigenvalue weighted by Crippen LogP contribution is -2.09. The van der Waals surface area contributed by atoms with Crippen LogP contribution in [0.3, 0.4) is 0 Å². The smallest absolute Gasteiger partial charge is 0.248 e. The highest BCUT2D eigenvalue weighted by atomic mass is 16.3. The number of phenolic OH excluding ortho intramolecular Hbond substituents is 1. The highest BCUT2D eigenvalue weighted by Gasteiger charge is 2.04. The van der Waals surface area contributed by atoms with Gasteiger partial charge in [-0.3, -0.25) is 4.79 Å². The molecule has 0 unspecified atom stereocenters. The first-order chi connectivity index (χ1) is 15.7. The molecule has 0 radical (unpaired) electrons. The maximum absolute atomic E-state index is 12.3. The number of benzene rings is 2. The van der Waals surface area contributed by atoms with Gasteiger partial charge in [-0.05, 0) is 48.2 Å². The Morgan fingerprint density at radius 1 is 0.781 bits per heavy atom. The van der Waals surface area contributed by atoms with E-state index in [1.54, 1.807) is 30.3 Å². The van der Waals surface area contributed by atoms with E-state index in [1.807, 2.05) is 18.2 Å². The molecule has 2 aromatic carbocycles. The highest BCUT2D eigenvalue weighted by Crippen LogP contribution is 2.19. The predicted octanol–water partition coefficient (Wildman–Crippen LogP) is 8.29. The van der Waals surface area contributed by atoms with Crippen LogP contribution >= 0.6 is 0 Å². The summed E-state index contributed by atoms with van der Waals surface area (Å²) >= 11 is 0. The van der Waals surface area contributed by atoms with Crippen molar-refractivity contribution in [2.24, 2.45) is 0 Å². The SMILES string of the molecule is CCCCCCCCCCCCCCc1ccccc1NC(=O)/C=C/c1ccc(O)cc1. The van der Waals surface area contributed by atoms with E-state index in [0.717, 1.165) is 24.1 Å². The number of carbonyl (C=O) groups excluding carboxylic acids is 1. The van der Waals surface area contributed by atoms with Crippen molar-refractivity contribution in [1.82, 2.24) is 0 Å². The van der Waals surface area contributed by atoms with E-state index in [0.29, 0.717) is 0 Å². The predicted molar refractivity (Wildman–Crippen MR) is 137 cm³/mol. The maximum Gasteiger partial charge on any atom is 0.248 e. The summed E-state index contributed by atoms with van der Waals surface area (Å²) in [5, 5.41) is 12.4. The monoisotopic (exact) mass is 435 g/mol. The topological polar surface area (TPSA) is 49.3 Å². The molecule has 0 bridgehead atoms. The standard InChI is InChI=1S/C29H41NO2/c1-2-3-4-5-6-7-8-9-10-11-12-13-16-26-17-14-15-18-28(26)30-29(32)24-21-25-19-22-27(31)23-20-25/h14-15,17-24,31H,2-13,16H2,1H3,(H,30,32)/b24-21+. The van der Waals surface area contributed by atoms with Crippen molar-refractivity contribution in [1.29, 1.82) is 0 Å². The molecule has 174 valence electrons. The molecular formula is C29H41NO2. The zero-order valence-corrected chi connectivity index (χ0v) is 19.8. The van der Waals surface area contributed by atoms with Gasteiger partial charge in [0.25, 0.3) is 0 Å². The fourth-order valence-electron chi connectivity index (χ4n) is 3.95. The molecule has 0 atom stereocenters. The molecule has 0 heterocycles. The molecule has 0 spiro atoms. The van der Waals surface area contributed by atoms with Gasteiger partial charge in [0.1, 0.15) is 5.75 Å². The molecule has 2 N–H and O–H groups in total. The maximum atomic E-state index is 12.3. The fourth-order valence-corrected chi connectivity index (χ4v) is 3.95. The van der Waals surface area contributed by atoms with Crippen LogP contribution in [0.15, 0.2) is 54.6 Å². The second-order valence-corrected chi connectivity index (χ2v) is 8.71. The summed E-state index contributed by atoms with van der Waals surface area (Å²) in [6, 6.07) is 14.9. The van der Waals surface area contributed by atoms with Crippen molar-refractivity contribution in [3.8, 4) is 5.75 Å². The number of carbonyl (C=O) groups is 1. The molecule has 32 heavy (non-hydrogen) atoms. The van der Waals surface area contributed by atoms with Crippen molar-refractivity contribution in [3.63, 3.8) is 0 Å².